The zero-order chi connectivity index (χ0) is 14.5. The number of likely N-dealkylation sites (N-methyl/N-ethyl adjacent to an activating group) is 1. The molecule has 3 heteroatoms. The zero-order valence-electron chi connectivity index (χ0n) is 12.5. The third-order valence-corrected chi connectivity index (χ3v) is 4.94. The molecule has 0 aliphatic heterocycles. The van der Waals surface area contributed by atoms with E-state index in [1.165, 1.54) is 25.7 Å². The van der Waals surface area contributed by atoms with E-state index in [9.17, 15) is 4.39 Å². The van der Waals surface area contributed by atoms with Gasteiger partial charge >= 0.3 is 0 Å². The second-order valence-corrected chi connectivity index (χ2v) is 6.37. The molecule has 0 spiro atoms. The molecular weight excluding hydrogens is 273 g/mol. The summed E-state index contributed by atoms with van der Waals surface area (Å²) in [6.07, 6.45) is 6.13. The molecule has 0 amide bonds. The summed E-state index contributed by atoms with van der Waals surface area (Å²) in [4.78, 5) is 0. The lowest BCUT2D eigenvalue weighted by molar-refractivity contribution is 0.348. The van der Waals surface area contributed by atoms with Crippen molar-refractivity contribution in [2.75, 3.05) is 6.54 Å². The van der Waals surface area contributed by atoms with E-state index in [4.69, 9.17) is 11.6 Å². The van der Waals surface area contributed by atoms with Crippen molar-refractivity contribution in [1.82, 2.24) is 5.32 Å². The monoisotopic (exact) mass is 297 g/mol. The molecule has 0 bridgehead atoms. The molecule has 0 heterocycles. The zero-order valence-corrected chi connectivity index (χ0v) is 13.2. The van der Waals surface area contributed by atoms with Crippen molar-refractivity contribution >= 4 is 11.6 Å². The number of hydrogen-bond acceptors (Lipinski definition) is 1. The van der Waals surface area contributed by atoms with Crippen LogP contribution in [0.5, 0.6) is 0 Å². The smallest absolute Gasteiger partial charge is 0.142 e. The molecule has 1 fully saturated rings. The largest absolute Gasteiger partial charge is 0.314 e. The maximum atomic E-state index is 13.6. The highest BCUT2D eigenvalue weighted by Gasteiger charge is 2.29. The summed E-state index contributed by atoms with van der Waals surface area (Å²) in [6, 6.07) is 5.65. The summed E-state index contributed by atoms with van der Waals surface area (Å²) in [6.45, 7) is 5.39. The Bertz CT molecular complexity index is 435. The highest BCUT2D eigenvalue weighted by molar-refractivity contribution is 6.30. The Morgan fingerprint density at radius 1 is 1.35 bits per heavy atom. The lowest BCUT2D eigenvalue weighted by atomic mass is 9.91. The van der Waals surface area contributed by atoms with Gasteiger partial charge in [0.05, 0.1) is 5.02 Å². The fourth-order valence-electron chi connectivity index (χ4n) is 3.44. The van der Waals surface area contributed by atoms with Crippen molar-refractivity contribution in [3.05, 3.63) is 34.6 Å². The lowest BCUT2D eigenvalue weighted by Crippen LogP contribution is -2.37. The summed E-state index contributed by atoms with van der Waals surface area (Å²) >= 11 is 5.75. The predicted octanol–water partition coefficient (Wildman–Crippen LogP) is 4.83. The molecule has 1 nitrogen and oxygen atoms in total. The molecule has 112 valence electrons. The van der Waals surface area contributed by atoms with Crippen LogP contribution in [0.2, 0.25) is 5.02 Å². The third kappa shape index (κ3) is 3.95. The molecule has 1 N–H and O–H groups in total. The van der Waals surface area contributed by atoms with Crippen molar-refractivity contribution < 1.29 is 4.39 Å². The van der Waals surface area contributed by atoms with Crippen LogP contribution in [0.4, 0.5) is 4.39 Å². The summed E-state index contributed by atoms with van der Waals surface area (Å²) in [7, 11) is 0. The molecule has 1 aliphatic rings. The van der Waals surface area contributed by atoms with Gasteiger partial charge in [0.15, 0.2) is 0 Å². The molecule has 1 aromatic carbocycles. The minimum atomic E-state index is -0.308. The second kappa shape index (κ2) is 7.42. The van der Waals surface area contributed by atoms with Crippen LogP contribution < -0.4 is 5.32 Å². The van der Waals surface area contributed by atoms with Gasteiger partial charge in [0.1, 0.15) is 5.82 Å². The second-order valence-electron chi connectivity index (χ2n) is 5.96. The number of rotatable bonds is 6. The average molecular weight is 298 g/mol. The van der Waals surface area contributed by atoms with Crippen LogP contribution in [0.3, 0.4) is 0 Å². The van der Waals surface area contributed by atoms with E-state index in [-0.39, 0.29) is 10.8 Å². The minimum Gasteiger partial charge on any atom is -0.314 e. The van der Waals surface area contributed by atoms with Gasteiger partial charge in [0.25, 0.3) is 0 Å². The van der Waals surface area contributed by atoms with Gasteiger partial charge in [-0.15, -0.1) is 0 Å². The van der Waals surface area contributed by atoms with Crippen molar-refractivity contribution in [2.24, 2.45) is 11.8 Å². The van der Waals surface area contributed by atoms with Gasteiger partial charge in [-0.1, -0.05) is 44.4 Å². The van der Waals surface area contributed by atoms with Crippen molar-refractivity contribution in [3.63, 3.8) is 0 Å². The molecule has 3 atom stereocenters. The van der Waals surface area contributed by atoms with E-state index in [2.05, 4.69) is 19.2 Å². The van der Waals surface area contributed by atoms with Crippen LogP contribution in [-0.4, -0.2) is 12.6 Å². The standard InChI is InChI=1S/C17H25ClFN/c1-3-12-5-7-14(9-12)17(20-4-2)11-13-6-8-15(18)16(19)10-13/h6,8,10,12,14,17,20H,3-5,7,9,11H2,1-2H3. The highest BCUT2D eigenvalue weighted by Crippen LogP contribution is 2.35. The van der Waals surface area contributed by atoms with E-state index in [0.717, 1.165) is 30.4 Å². The average Bonchev–Trinajstić information content (AvgIpc) is 2.91. The first kappa shape index (κ1) is 15.8. The first-order chi connectivity index (χ1) is 9.63. The lowest BCUT2D eigenvalue weighted by Gasteiger charge is -2.25. The van der Waals surface area contributed by atoms with Crippen LogP contribution in [-0.2, 0) is 6.42 Å². The summed E-state index contributed by atoms with van der Waals surface area (Å²) < 4.78 is 13.6. The number of halogens is 2. The van der Waals surface area contributed by atoms with Crippen LogP contribution in [0.1, 0.15) is 45.1 Å². The van der Waals surface area contributed by atoms with Gasteiger partial charge in [-0.05, 0) is 55.3 Å². The van der Waals surface area contributed by atoms with Gasteiger partial charge < -0.3 is 5.32 Å². The van der Waals surface area contributed by atoms with E-state index in [1.807, 2.05) is 6.07 Å². The van der Waals surface area contributed by atoms with Crippen molar-refractivity contribution in [2.45, 2.75) is 52.0 Å². The van der Waals surface area contributed by atoms with E-state index in [1.54, 1.807) is 12.1 Å². The normalized spacial score (nSPS) is 24.0. The van der Waals surface area contributed by atoms with E-state index < -0.39 is 0 Å². The quantitative estimate of drug-likeness (QED) is 0.793. The molecule has 1 saturated carbocycles. The SMILES string of the molecule is CCNC(Cc1ccc(Cl)c(F)c1)C1CCC(CC)C1. The van der Waals surface area contributed by atoms with Crippen molar-refractivity contribution in [1.29, 1.82) is 0 Å². The maximum absolute atomic E-state index is 13.6. The maximum Gasteiger partial charge on any atom is 0.142 e. The molecule has 0 saturated heterocycles. The fraction of sp³-hybridized carbons (Fsp3) is 0.647. The third-order valence-electron chi connectivity index (χ3n) is 4.63. The van der Waals surface area contributed by atoms with Gasteiger partial charge in [-0.25, -0.2) is 4.39 Å². The van der Waals surface area contributed by atoms with Gasteiger partial charge in [0, 0.05) is 6.04 Å². The Hall–Kier alpha value is -0.600. The Kier molecular flexibility index (Phi) is 5.86. The summed E-state index contributed by atoms with van der Waals surface area (Å²) in [5.74, 6) is 1.29. The molecular formula is C17H25ClFN. The fourth-order valence-corrected chi connectivity index (χ4v) is 3.56. The van der Waals surface area contributed by atoms with Crippen LogP contribution >= 0.6 is 11.6 Å². The topological polar surface area (TPSA) is 12.0 Å². The summed E-state index contributed by atoms with van der Waals surface area (Å²) in [5, 5.41) is 3.81. The Labute approximate surface area is 126 Å². The van der Waals surface area contributed by atoms with Crippen LogP contribution in [0.25, 0.3) is 0 Å². The minimum absolute atomic E-state index is 0.209. The Balaban J connectivity index is 2.03. The number of nitrogens with one attached hydrogen (secondary N) is 1. The van der Waals surface area contributed by atoms with E-state index in [0.29, 0.717) is 6.04 Å². The molecule has 0 aromatic heterocycles. The van der Waals surface area contributed by atoms with Gasteiger partial charge in [0.2, 0.25) is 0 Å². The Morgan fingerprint density at radius 3 is 2.75 bits per heavy atom. The molecule has 1 aliphatic carbocycles. The van der Waals surface area contributed by atoms with Gasteiger partial charge in [-0.3, -0.25) is 0 Å². The molecule has 1 aromatic rings. The van der Waals surface area contributed by atoms with Crippen LogP contribution in [0.15, 0.2) is 18.2 Å². The Morgan fingerprint density at radius 2 is 2.15 bits per heavy atom. The van der Waals surface area contributed by atoms with Crippen molar-refractivity contribution in [3.8, 4) is 0 Å². The molecule has 20 heavy (non-hydrogen) atoms. The molecule has 3 unspecified atom stereocenters. The van der Waals surface area contributed by atoms with Crippen LogP contribution in [0, 0.1) is 17.7 Å². The number of hydrogen-bond donors (Lipinski definition) is 1. The number of benzene rings is 1. The summed E-state index contributed by atoms with van der Waals surface area (Å²) in [5.41, 5.74) is 1.04. The first-order valence-corrected chi connectivity index (χ1v) is 8.19. The van der Waals surface area contributed by atoms with E-state index >= 15 is 0 Å². The molecule has 2 rings (SSSR count). The van der Waals surface area contributed by atoms with Gasteiger partial charge in [-0.2, -0.15) is 0 Å². The first-order valence-electron chi connectivity index (χ1n) is 7.81. The molecule has 0 radical (unpaired) electrons. The predicted molar refractivity (Wildman–Crippen MR) is 83.7 cm³/mol. The highest BCUT2D eigenvalue weighted by atomic mass is 35.5.